The van der Waals surface area contributed by atoms with Crippen LogP contribution in [0.3, 0.4) is 0 Å². The number of pyridine rings is 1. The number of benzene rings is 1. The summed E-state index contributed by atoms with van der Waals surface area (Å²) in [7, 11) is 0. The maximum atomic E-state index is 13.7. The molecule has 0 radical (unpaired) electrons. The summed E-state index contributed by atoms with van der Waals surface area (Å²) in [4.78, 5) is 16.8. The molecule has 5 nitrogen and oxygen atoms in total. The summed E-state index contributed by atoms with van der Waals surface area (Å²) in [5, 5.41) is 17.7. The van der Waals surface area contributed by atoms with E-state index in [1.54, 1.807) is 24.4 Å². The van der Waals surface area contributed by atoms with Crippen LogP contribution in [-0.2, 0) is 13.0 Å². The van der Waals surface area contributed by atoms with Gasteiger partial charge in [-0.1, -0.05) is 0 Å². The summed E-state index contributed by atoms with van der Waals surface area (Å²) in [6.07, 6.45) is 2.23. The quantitative estimate of drug-likeness (QED) is 0.920. The van der Waals surface area contributed by atoms with Crippen molar-refractivity contribution in [3.63, 3.8) is 0 Å². The molecule has 3 rings (SSSR count). The number of aromatic nitrogens is 1. The first-order valence-electron chi connectivity index (χ1n) is 6.74. The molecule has 2 aromatic rings. The lowest BCUT2D eigenvalue weighted by Gasteiger charge is -2.30. The lowest BCUT2D eigenvalue weighted by Crippen LogP contribution is -2.30. The van der Waals surface area contributed by atoms with Gasteiger partial charge in [0.05, 0.1) is 5.56 Å². The molecule has 22 heavy (non-hydrogen) atoms. The summed E-state index contributed by atoms with van der Waals surface area (Å²) in [6.45, 7) is 1.19. The first kappa shape index (κ1) is 14.0. The first-order valence-corrected chi connectivity index (χ1v) is 6.74. The predicted molar refractivity (Wildman–Crippen MR) is 77.1 cm³/mol. The number of aromatic carboxylic acids is 1. The molecule has 6 heteroatoms. The van der Waals surface area contributed by atoms with Crippen molar-refractivity contribution in [3.8, 4) is 6.07 Å². The zero-order valence-corrected chi connectivity index (χ0v) is 11.6. The first-order chi connectivity index (χ1) is 10.6. The number of nitriles is 1. The summed E-state index contributed by atoms with van der Waals surface area (Å²) in [5.41, 5.74) is 2.65. The molecule has 0 atom stereocenters. The maximum Gasteiger partial charge on any atom is 0.354 e. The normalized spacial score (nSPS) is 13.4. The molecule has 0 unspecified atom stereocenters. The van der Waals surface area contributed by atoms with Gasteiger partial charge in [-0.25, -0.2) is 14.2 Å². The number of halogens is 1. The fraction of sp³-hybridized carbons (Fsp3) is 0.188. The second-order valence-corrected chi connectivity index (χ2v) is 5.09. The van der Waals surface area contributed by atoms with Crippen LogP contribution in [0.25, 0.3) is 0 Å². The lowest BCUT2D eigenvalue weighted by atomic mass is 10.0. The van der Waals surface area contributed by atoms with Gasteiger partial charge in [0.1, 0.15) is 17.6 Å². The summed E-state index contributed by atoms with van der Waals surface area (Å²) in [5.74, 6) is -1.58. The lowest BCUT2D eigenvalue weighted by molar-refractivity contribution is 0.0690. The molecular weight excluding hydrogens is 285 g/mol. The Morgan fingerprint density at radius 3 is 2.86 bits per heavy atom. The van der Waals surface area contributed by atoms with E-state index in [4.69, 9.17) is 10.4 Å². The molecule has 1 aromatic carbocycles. The van der Waals surface area contributed by atoms with E-state index in [0.717, 1.165) is 11.1 Å². The van der Waals surface area contributed by atoms with Crippen molar-refractivity contribution in [1.29, 1.82) is 5.26 Å². The highest BCUT2D eigenvalue weighted by molar-refractivity contribution is 5.85. The minimum absolute atomic E-state index is 0.0222. The summed E-state index contributed by atoms with van der Waals surface area (Å²) in [6, 6.07) is 7.92. The van der Waals surface area contributed by atoms with Gasteiger partial charge in [-0.05, 0) is 41.8 Å². The molecule has 1 aromatic heterocycles. The minimum Gasteiger partial charge on any atom is -0.477 e. The molecule has 0 saturated heterocycles. The average Bonchev–Trinajstić information content (AvgIpc) is 2.53. The van der Waals surface area contributed by atoms with Gasteiger partial charge in [-0.2, -0.15) is 5.26 Å². The Balaban J connectivity index is 1.87. The SMILES string of the molecule is N#Cc1ccc(N2CCc3cc(C(=O)O)ncc3C2)cc1F. The molecule has 1 N–H and O–H groups in total. The largest absolute Gasteiger partial charge is 0.477 e. The third-order valence-corrected chi connectivity index (χ3v) is 3.75. The van der Waals surface area contributed by atoms with Crippen LogP contribution < -0.4 is 4.90 Å². The Morgan fingerprint density at radius 2 is 2.18 bits per heavy atom. The minimum atomic E-state index is -1.04. The highest BCUT2D eigenvalue weighted by Crippen LogP contribution is 2.26. The van der Waals surface area contributed by atoms with Gasteiger partial charge in [0.15, 0.2) is 0 Å². The van der Waals surface area contributed by atoms with Crippen molar-refractivity contribution in [2.45, 2.75) is 13.0 Å². The number of carboxylic acid groups (broad SMARTS) is 1. The van der Waals surface area contributed by atoms with E-state index in [1.807, 2.05) is 4.90 Å². The van der Waals surface area contributed by atoms with Gasteiger partial charge < -0.3 is 10.0 Å². The van der Waals surface area contributed by atoms with E-state index in [1.165, 1.54) is 12.1 Å². The van der Waals surface area contributed by atoms with Crippen molar-refractivity contribution < 1.29 is 14.3 Å². The number of hydrogen-bond donors (Lipinski definition) is 1. The zero-order chi connectivity index (χ0) is 15.7. The topological polar surface area (TPSA) is 77.2 Å². The van der Waals surface area contributed by atoms with E-state index in [9.17, 15) is 9.18 Å². The van der Waals surface area contributed by atoms with Gasteiger partial charge in [-0.3, -0.25) is 0 Å². The van der Waals surface area contributed by atoms with Crippen LogP contribution in [0.5, 0.6) is 0 Å². The summed E-state index contributed by atoms with van der Waals surface area (Å²) < 4.78 is 13.7. The highest BCUT2D eigenvalue weighted by Gasteiger charge is 2.19. The van der Waals surface area contributed by atoms with Crippen molar-refractivity contribution in [1.82, 2.24) is 4.98 Å². The van der Waals surface area contributed by atoms with Crippen molar-refractivity contribution in [3.05, 3.63) is 58.7 Å². The molecule has 0 bridgehead atoms. The maximum absolute atomic E-state index is 13.7. The third kappa shape index (κ3) is 2.49. The standard InChI is InChI=1S/C16H12FN3O2/c17-14-6-13(2-1-11(14)7-18)20-4-3-10-5-15(16(21)22)19-8-12(10)9-20/h1-2,5-6,8H,3-4,9H2,(H,21,22). The fourth-order valence-electron chi connectivity index (χ4n) is 2.57. The van der Waals surface area contributed by atoms with E-state index >= 15 is 0 Å². The Bertz CT molecular complexity index is 798. The van der Waals surface area contributed by atoms with E-state index < -0.39 is 11.8 Å². The Labute approximate surface area is 126 Å². The molecule has 0 saturated carbocycles. The van der Waals surface area contributed by atoms with E-state index in [2.05, 4.69) is 4.98 Å². The number of carbonyl (C=O) groups is 1. The second kappa shape index (κ2) is 5.45. The molecule has 0 fully saturated rings. The van der Waals surface area contributed by atoms with Gasteiger partial charge >= 0.3 is 5.97 Å². The van der Waals surface area contributed by atoms with Crippen LogP contribution >= 0.6 is 0 Å². The van der Waals surface area contributed by atoms with Crippen molar-refractivity contribution in [2.75, 3.05) is 11.4 Å². The smallest absolute Gasteiger partial charge is 0.354 e. The molecule has 0 spiro atoms. The predicted octanol–water partition coefficient (Wildman–Crippen LogP) is 2.35. The molecular formula is C16H12FN3O2. The third-order valence-electron chi connectivity index (χ3n) is 3.75. The van der Waals surface area contributed by atoms with Gasteiger partial charge in [-0.15, -0.1) is 0 Å². The van der Waals surface area contributed by atoms with E-state index in [0.29, 0.717) is 25.2 Å². The zero-order valence-electron chi connectivity index (χ0n) is 11.6. The van der Waals surface area contributed by atoms with Crippen molar-refractivity contribution in [2.24, 2.45) is 0 Å². The molecule has 110 valence electrons. The van der Waals surface area contributed by atoms with Crippen LogP contribution in [0, 0.1) is 17.1 Å². The van der Waals surface area contributed by atoms with Gasteiger partial charge in [0.2, 0.25) is 0 Å². The number of rotatable bonds is 2. The number of hydrogen-bond acceptors (Lipinski definition) is 4. The molecule has 0 aliphatic carbocycles. The Kier molecular flexibility index (Phi) is 3.47. The summed E-state index contributed by atoms with van der Waals surface area (Å²) >= 11 is 0. The number of anilines is 1. The Morgan fingerprint density at radius 1 is 1.36 bits per heavy atom. The van der Waals surface area contributed by atoms with E-state index in [-0.39, 0.29) is 11.3 Å². The highest BCUT2D eigenvalue weighted by atomic mass is 19.1. The second-order valence-electron chi connectivity index (χ2n) is 5.09. The fourth-order valence-corrected chi connectivity index (χ4v) is 2.57. The van der Waals surface area contributed by atoms with Gasteiger partial charge in [0.25, 0.3) is 0 Å². The van der Waals surface area contributed by atoms with Crippen molar-refractivity contribution >= 4 is 11.7 Å². The number of nitrogens with zero attached hydrogens (tertiary/aromatic N) is 3. The average molecular weight is 297 g/mol. The molecule has 1 aliphatic rings. The van der Waals surface area contributed by atoms with Gasteiger partial charge in [0, 0.05) is 25.0 Å². The molecule has 2 heterocycles. The molecule has 1 aliphatic heterocycles. The number of fused-ring (bicyclic) bond motifs is 1. The van der Waals surface area contributed by atoms with Crippen LogP contribution in [-0.4, -0.2) is 22.6 Å². The van der Waals surface area contributed by atoms with Crippen LogP contribution in [0.4, 0.5) is 10.1 Å². The number of carboxylic acids is 1. The van der Waals surface area contributed by atoms with Crippen LogP contribution in [0.1, 0.15) is 27.2 Å². The Hall–Kier alpha value is -2.94. The van der Waals surface area contributed by atoms with Crippen LogP contribution in [0.15, 0.2) is 30.5 Å². The van der Waals surface area contributed by atoms with Crippen LogP contribution in [0.2, 0.25) is 0 Å². The molecule has 0 amide bonds. The monoisotopic (exact) mass is 297 g/mol.